The maximum Gasteiger partial charge on any atom is 0.233 e. The number of amidine groups is 1. The summed E-state index contributed by atoms with van der Waals surface area (Å²) in [4.78, 5) is 12.2. The smallest absolute Gasteiger partial charge is 0.233 e. The molecule has 0 aromatic carbocycles. The SMILES string of the molecule is CCCCCCNC(=O)C1(C(N)=NO)CCCC1. The number of nitrogens with zero attached hydrogens (tertiary/aromatic N) is 1. The minimum Gasteiger partial charge on any atom is -0.409 e. The van der Waals surface area contributed by atoms with Gasteiger partial charge in [0.15, 0.2) is 5.84 Å². The Balaban J connectivity index is 2.46. The Labute approximate surface area is 109 Å². The van der Waals surface area contributed by atoms with Crippen LogP contribution in [0.2, 0.25) is 0 Å². The molecule has 1 saturated carbocycles. The van der Waals surface area contributed by atoms with Gasteiger partial charge in [-0.2, -0.15) is 0 Å². The summed E-state index contributed by atoms with van der Waals surface area (Å²) in [5.74, 6) is -0.0159. The van der Waals surface area contributed by atoms with Crippen LogP contribution < -0.4 is 11.1 Å². The number of nitrogens with two attached hydrogens (primary N) is 1. The van der Waals surface area contributed by atoms with E-state index in [0.29, 0.717) is 19.4 Å². The maximum absolute atomic E-state index is 12.2. The Morgan fingerprint density at radius 1 is 1.33 bits per heavy atom. The van der Waals surface area contributed by atoms with Gasteiger partial charge < -0.3 is 16.3 Å². The minimum atomic E-state index is -0.764. The first kappa shape index (κ1) is 14.8. The van der Waals surface area contributed by atoms with Crippen molar-refractivity contribution in [1.82, 2.24) is 5.32 Å². The van der Waals surface area contributed by atoms with Gasteiger partial charge >= 0.3 is 0 Å². The zero-order valence-corrected chi connectivity index (χ0v) is 11.2. The monoisotopic (exact) mass is 255 g/mol. The number of rotatable bonds is 7. The number of carbonyl (C=O) groups is 1. The molecule has 5 nitrogen and oxygen atoms in total. The number of oxime groups is 1. The van der Waals surface area contributed by atoms with Crippen LogP contribution >= 0.6 is 0 Å². The summed E-state index contributed by atoms with van der Waals surface area (Å²) in [5.41, 5.74) is 4.94. The van der Waals surface area contributed by atoms with E-state index in [2.05, 4.69) is 17.4 Å². The summed E-state index contributed by atoms with van der Waals surface area (Å²) < 4.78 is 0. The molecule has 1 aliphatic rings. The molecule has 1 fully saturated rings. The van der Waals surface area contributed by atoms with Crippen molar-refractivity contribution in [3.63, 3.8) is 0 Å². The summed E-state index contributed by atoms with van der Waals surface area (Å²) in [6.45, 7) is 2.84. The lowest BCUT2D eigenvalue weighted by Gasteiger charge is -2.25. The molecule has 0 aliphatic heterocycles. The fourth-order valence-electron chi connectivity index (χ4n) is 2.60. The fraction of sp³-hybridized carbons (Fsp3) is 0.846. The molecule has 0 unspecified atom stereocenters. The lowest BCUT2D eigenvalue weighted by atomic mass is 9.84. The van der Waals surface area contributed by atoms with Crippen molar-refractivity contribution in [3.8, 4) is 0 Å². The molecule has 18 heavy (non-hydrogen) atoms. The first-order valence-electron chi connectivity index (χ1n) is 6.93. The normalized spacial score (nSPS) is 18.8. The van der Waals surface area contributed by atoms with E-state index in [4.69, 9.17) is 10.9 Å². The predicted octanol–water partition coefficient (Wildman–Crippen LogP) is 1.99. The Bertz CT molecular complexity index is 297. The summed E-state index contributed by atoms with van der Waals surface area (Å²) >= 11 is 0. The lowest BCUT2D eigenvalue weighted by Crippen LogP contribution is -2.48. The second-order valence-corrected chi connectivity index (χ2v) is 5.09. The van der Waals surface area contributed by atoms with Gasteiger partial charge in [-0.05, 0) is 19.3 Å². The highest BCUT2D eigenvalue weighted by Gasteiger charge is 2.45. The zero-order valence-electron chi connectivity index (χ0n) is 11.2. The molecule has 0 bridgehead atoms. The molecular formula is C13H25N3O2. The van der Waals surface area contributed by atoms with E-state index < -0.39 is 5.41 Å². The van der Waals surface area contributed by atoms with E-state index in [9.17, 15) is 4.79 Å². The molecule has 5 heteroatoms. The first-order valence-corrected chi connectivity index (χ1v) is 6.93. The fourth-order valence-corrected chi connectivity index (χ4v) is 2.60. The van der Waals surface area contributed by atoms with Crippen molar-refractivity contribution < 1.29 is 10.0 Å². The first-order chi connectivity index (χ1) is 8.67. The average Bonchev–Trinajstić information content (AvgIpc) is 2.88. The Kier molecular flexibility index (Phi) is 5.95. The number of unbranched alkanes of at least 4 members (excludes halogenated alkanes) is 3. The standard InChI is InChI=1S/C13H25N3O2/c1-2-3-4-7-10-15-12(17)13(11(14)16-18)8-5-6-9-13/h18H,2-10H2,1H3,(H2,14,16)(H,15,17). The van der Waals surface area contributed by atoms with E-state index in [1.165, 1.54) is 12.8 Å². The van der Waals surface area contributed by atoms with Gasteiger partial charge in [0.2, 0.25) is 5.91 Å². The van der Waals surface area contributed by atoms with Crippen LogP contribution in [-0.2, 0) is 4.79 Å². The molecule has 0 atom stereocenters. The van der Waals surface area contributed by atoms with Gasteiger partial charge in [0.05, 0.1) is 0 Å². The summed E-state index contributed by atoms with van der Waals surface area (Å²) in [5, 5.41) is 14.8. The van der Waals surface area contributed by atoms with E-state index in [-0.39, 0.29) is 11.7 Å². The third-order valence-electron chi connectivity index (χ3n) is 3.81. The van der Waals surface area contributed by atoms with Gasteiger partial charge in [0.25, 0.3) is 0 Å². The maximum atomic E-state index is 12.2. The molecule has 0 aromatic heterocycles. The van der Waals surface area contributed by atoms with Crippen molar-refractivity contribution in [2.75, 3.05) is 6.54 Å². The average molecular weight is 255 g/mol. The van der Waals surface area contributed by atoms with Crippen LogP contribution in [0.1, 0.15) is 58.3 Å². The molecule has 104 valence electrons. The van der Waals surface area contributed by atoms with Crippen molar-refractivity contribution in [2.24, 2.45) is 16.3 Å². The quantitative estimate of drug-likeness (QED) is 0.214. The number of carbonyl (C=O) groups excluding carboxylic acids is 1. The molecule has 0 spiro atoms. The van der Waals surface area contributed by atoms with Crippen LogP contribution in [-0.4, -0.2) is 23.5 Å². The Morgan fingerprint density at radius 3 is 2.56 bits per heavy atom. The molecule has 1 aliphatic carbocycles. The van der Waals surface area contributed by atoms with Crippen LogP contribution in [0.25, 0.3) is 0 Å². The number of nitrogens with one attached hydrogen (secondary N) is 1. The highest BCUT2D eigenvalue weighted by atomic mass is 16.4. The molecule has 0 radical (unpaired) electrons. The molecule has 4 N–H and O–H groups in total. The van der Waals surface area contributed by atoms with Gasteiger partial charge in [-0.15, -0.1) is 0 Å². The van der Waals surface area contributed by atoms with Crippen molar-refractivity contribution >= 4 is 11.7 Å². The Morgan fingerprint density at radius 2 is 2.00 bits per heavy atom. The van der Waals surface area contributed by atoms with E-state index >= 15 is 0 Å². The molecule has 1 rings (SSSR count). The molecule has 0 heterocycles. The molecule has 0 aromatic rings. The van der Waals surface area contributed by atoms with E-state index in [1.54, 1.807) is 0 Å². The van der Waals surface area contributed by atoms with Crippen LogP contribution in [0, 0.1) is 5.41 Å². The summed E-state index contributed by atoms with van der Waals surface area (Å²) in [7, 11) is 0. The summed E-state index contributed by atoms with van der Waals surface area (Å²) in [6, 6.07) is 0. The largest absolute Gasteiger partial charge is 0.409 e. The van der Waals surface area contributed by atoms with Gasteiger partial charge in [0.1, 0.15) is 5.41 Å². The van der Waals surface area contributed by atoms with Crippen LogP contribution in [0.5, 0.6) is 0 Å². The van der Waals surface area contributed by atoms with E-state index in [0.717, 1.165) is 25.7 Å². The minimum absolute atomic E-state index is 0.0612. The number of hydrogen-bond acceptors (Lipinski definition) is 3. The molecule has 1 amide bonds. The van der Waals surface area contributed by atoms with Crippen molar-refractivity contribution in [1.29, 1.82) is 0 Å². The molecule has 0 saturated heterocycles. The van der Waals surface area contributed by atoms with Crippen LogP contribution in [0.4, 0.5) is 0 Å². The van der Waals surface area contributed by atoms with Crippen molar-refractivity contribution in [2.45, 2.75) is 58.3 Å². The second-order valence-electron chi connectivity index (χ2n) is 5.09. The van der Waals surface area contributed by atoms with E-state index in [1.807, 2.05) is 0 Å². The van der Waals surface area contributed by atoms with Gasteiger partial charge in [-0.3, -0.25) is 4.79 Å². The third kappa shape index (κ3) is 3.37. The van der Waals surface area contributed by atoms with Crippen molar-refractivity contribution in [3.05, 3.63) is 0 Å². The number of hydrogen-bond donors (Lipinski definition) is 3. The van der Waals surface area contributed by atoms with Gasteiger partial charge in [-0.1, -0.05) is 44.2 Å². The number of amides is 1. The Hall–Kier alpha value is -1.26. The lowest BCUT2D eigenvalue weighted by molar-refractivity contribution is -0.127. The summed E-state index contributed by atoms with van der Waals surface area (Å²) in [6.07, 6.45) is 7.79. The third-order valence-corrected chi connectivity index (χ3v) is 3.81. The van der Waals surface area contributed by atoms with Crippen LogP contribution in [0.15, 0.2) is 5.16 Å². The highest BCUT2D eigenvalue weighted by molar-refractivity contribution is 6.07. The predicted molar refractivity (Wildman–Crippen MR) is 71.5 cm³/mol. The molecular weight excluding hydrogens is 230 g/mol. The zero-order chi connectivity index (χ0) is 13.4. The highest BCUT2D eigenvalue weighted by Crippen LogP contribution is 2.38. The second kappa shape index (κ2) is 7.24. The topological polar surface area (TPSA) is 87.7 Å². The van der Waals surface area contributed by atoms with Crippen LogP contribution in [0.3, 0.4) is 0 Å². The van der Waals surface area contributed by atoms with Gasteiger partial charge in [-0.25, -0.2) is 0 Å². The van der Waals surface area contributed by atoms with Gasteiger partial charge in [0, 0.05) is 6.54 Å².